The number of benzene rings is 2. The van der Waals surface area contributed by atoms with E-state index in [1.54, 1.807) is 19.1 Å². The van der Waals surface area contributed by atoms with Crippen LogP contribution in [-0.4, -0.2) is 23.3 Å². The number of amides is 1. The zero-order chi connectivity index (χ0) is 17.5. The van der Waals surface area contributed by atoms with E-state index in [1.807, 2.05) is 42.5 Å². The molecule has 0 bridgehead atoms. The van der Waals surface area contributed by atoms with Gasteiger partial charge in [0.15, 0.2) is 10.6 Å². The second-order valence-electron chi connectivity index (χ2n) is 4.95. The molecule has 0 spiro atoms. The molecule has 6 heteroatoms. The van der Waals surface area contributed by atoms with Crippen molar-refractivity contribution in [2.45, 2.75) is 17.8 Å². The van der Waals surface area contributed by atoms with E-state index in [2.05, 4.69) is 5.32 Å². The lowest BCUT2D eigenvalue weighted by Gasteiger charge is -2.21. The number of Topliss-reactive ketones (excluding diaryl/α,β-unsaturated/α-hetero) is 1. The molecule has 2 aromatic rings. The number of hydrogen-bond donors (Lipinski definition) is 1. The minimum Gasteiger partial charge on any atom is -0.450 e. The van der Waals surface area contributed by atoms with Gasteiger partial charge in [-0.2, -0.15) is 0 Å². The minimum atomic E-state index is -1.26. The van der Waals surface area contributed by atoms with Crippen LogP contribution in [0.5, 0.6) is 0 Å². The van der Waals surface area contributed by atoms with Crippen molar-refractivity contribution in [2.24, 2.45) is 0 Å². The SMILES string of the molecule is CCOC(=O)N[C@@H](C(=O)C(Cl)Cl)c1ccccc1-c1ccccc1. The van der Waals surface area contributed by atoms with Crippen molar-refractivity contribution in [1.29, 1.82) is 0 Å². The standard InChI is InChI=1S/C18H17Cl2NO3/c1-2-24-18(23)21-15(16(22)17(19)20)14-11-7-6-10-13(14)12-8-4-3-5-9-12/h3-11,15,17H,2H2,1H3,(H,21,23)/t15-/m1/s1. The first kappa shape index (κ1) is 18.3. The van der Waals surface area contributed by atoms with Crippen molar-refractivity contribution in [2.75, 3.05) is 6.61 Å². The Labute approximate surface area is 150 Å². The third kappa shape index (κ3) is 4.49. The molecule has 0 aromatic heterocycles. The van der Waals surface area contributed by atoms with Crippen LogP contribution < -0.4 is 5.32 Å². The Balaban J connectivity index is 2.46. The maximum Gasteiger partial charge on any atom is 0.407 e. The molecule has 24 heavy (non-hydrogen) atoms. The van der Waals surface area contributed by atoms with Gasteiger partial charge in [0.1, 0.15) is 6.04 Å². The number of carbonyl (C=O) groups is 2. The molecule has 0 fully saturated rings. The lowest BCUT2D eigenvalue weighted by Crippen LogP contribution is -2.36. The van der Waals surface area contributed by atoms with Crippen LogP contribution in [0.15, 0.2) is 54.6 Å². The Morgan fingerprint density at radius 3 is 2.29 bits per heavy atom. The summed E-state index contributed by atoms with van der Waals surface area (Å²) in [7, 11) is 0. The maximum atomic E-state index is 12.4. The van der Waals surface area contributed by atoms with Gasteiger partial charge in [-0.3, -0.25) is 4.79 Å². The van der Waals surface area contributed by atoms with Crippen LogP contribution in [0.1, 0.15) is 18.5 Å². The highest BCUT2D eigenvalue weighted by atomic mass is 35.5. The first-order chi connectivity index (χ1) is 11.5. The van der Waals surface area contributed by atoms with Gasteiger partial charge in [-0.1, -0.05) is 77.8 Å². The van der Waals surface area contributed by atoms with E-state index in [0.29, 0.717) is 5.56 Å². The predicted molar refractivity (Wildman–Crippen MR) is 95.3 cm³/mol. The maximum absolute atomic E-state index is 12.4. The summed E-state index contributed by atoms with van der Waals surface area (Å²) in [6, 6.07) is 15.8. The fraction of sp³-hybridized carbons (Fsp3) is 0.222. The van der Waals surface area contributed by atoms with Crippen molar-refractivity contribution in [1.82, 2.24) is 5.32 Å². The van der Waals surface area contributed by atoms with Crippen LogP contribution in [0.25, 0.3) is 11.1 Å². The molecule has 0 aliphatic carbocycles. The van der Waals surface area contributed by atoms with E-state index >= 15 is 0 Å². The molecule has 0 aliphatic heterocycles. The predicted octanol–water partition coefficient (Wildman–Crippen LogP) is 4.51. The number of alkyl carbamates (subject to hydrolysis) is 1. The van der Waals surface area contributed by atoms with E-state index in [-0.39, 0.29) is 6.61 Å². The van der Waals surface area contributed by atoms with Crippen molar-refractivity contribution in [3.05, 3.63) is 60.2 Å². The van der Waals surface area contributed by atoms with E-state index < -0.39 is 22.8 Å². The molecular formula is C18H17Cl2NO3. The fourth-order valence-corrected chi connectivity index (χ4v) is 2.60. The Hall–Kier alpha value is -2.04. The molecule has 0 radical (unpaired) electrons. The molecule has 2 rings (SSSR count). The molecule has 0 unspecified atom stereocenters. The highest BCUT2D eigenvalue weighted by molar-refractivity contribution is 6.54. The number of ketones is 1. The first-order valence-electron chi connectivity index (χ1n) is 7.44. The summed E-state index contributed by atoms with van der Waals surface area (Å²) in [5.74, 6) is -0.519. The van der Waals surface area contributed by atoms with E-state index in [4.69, 9.17) is 27.9 Å². The number of nitrogens with one attached hydrogen (secondary N) is 1. The van der Waals surface area contributed by atoms with Gasteiger partial charge in [-0.05, 0) is 23.6 Å². The molecular weight excluding hydrogens is 349 g/mol. The number of hydrogen-bond acceptors (Lipinski definition) is 3. The van der Waals surface area contributed by atoms with Crippen LogP contribution in [-0.2, 0) is 9.53 Å². The molecule has 126 valence electrons. The van der Waals surface area contributed by atoms with Gasteiger partial charge in [-0.15, -0.1) is 0 Å². The summed E-state index contributed by atoms with van der Waals surface area (Å²) in [5, 5.41) is 2.55. The summed E-state index contributed by atoms with van der Waals surface area (Å²) in [4.78, 5) is 23.0. The van der Waals surface area contributed by atoms with E-state index in [9.17, 15) is 9.59 Å². The smallest absolute Gasteiger partial charge is 0.407 e. The monoisotopic (exact) mass is 365 g/mol. The molecule has 0 saturated carbocycles. The molecule has 0 saturated heterocycles. The number of halogens is 2. The van der Waals surface area contributed by atoms with Gasteiger partial charge in [0.2, 0.25) is 0 Å². The van der Waals surface area contributed by atoms with Crippen LogP contribution in [0.4, 0.5) is 4.79 Å². The van der Waals surface area contributed by atoms with Crippen LogP contribution >= 0.6 is 23.2 Å². The Bertz CT molecular complexity index is 704. The van der Waals surface area contributed by atoms with Crippen LogP contribution in [0.2, 0.25) is 0 Å². The normalized spacial score (nSPS) is 11.8. The van der Waals surface area contributed by atoms with E-state index in [1.165, 1.54) is 0 Å². The minimum absolute atomic E-state index is 0.193. The number of ether oxygens (including phenoxy) is 1. The van der Waals surface area contributed by atoms with Crippen molar-refractivity contribution < 1.29 is 14.3 Å². The molecule has 4 nitrogen and oxygen atoms in total. The third-order valence-electron chi connectivity index (χ3n) is 3.39. The van der Waals surface area contributed by atoms with Gasteiger partial charge < -0.3 is 10.1 Å². The highest BCUT2D eigenvalue weighted by Gasteiger charge is 2.29. The van der Waals surface area contributed by atoms with Crippen molar-refractivity contribution in [3.8, 4) is 11.1 Å². The van der Waals surface area contributed by atoms with Gasteiger partial charge in [0.05, 0.1) is 6.61 Å². The lowest BCUT2D eigenvalue weighted by molar-refractivity contribution is -0.119. The Kier molecular flexibility index (Phi) is 6.64. The third-order valence-corrected chi connectivity index (χ3v) is 3.82. The highest BCUT2D eigenvalue weighted by Crippen LogP contribution is 2.30. The second-order valence-corrected chi connectivity index (χ2v) is 6.05. The van der Waals surface area contributed by atoms with Crippen LogP contribution in [0, 0.1) is 0 Å². The average Bonchev–Trinajstić information content (AvgIpc) is 2.60. The van der Waals surface area contributed by atoms with Crippen LogP contribution in [0.3, 0.4) is 0 Å². The fourth-order valence-electron chi connectivity index (χ4n) is 2.35. The molecule has 1 amide bonds. The van der Waals surface area contributed by atoms with Gasteiger partial charge in [-0.25, -0.2) is 4.79 Å². The lowest BCUT2D eigenvalue weighted by atomic mass is 9.93. The first-order valence-corrected chi connectivity index (χ1v) is 8.31. The summed E-state index contributed by atoms with van der Waals surface area (Å²) in [6.45, 7) is 1.87. The number of rotatable bonds is 6. The topological polar surface area (TPSA) is 55.4 Å². The zero-order valence-electron chi connectivity index (χ0n) is 13.0. The molecule has 1 N–H and O–H groups in total. The molecule has 2 aromatic carbocycles. The van der Waals surface area contributed by atoms with Gasteiger partial charge >= 0.3 is 6.09 Å². The summed E-state index contributed by atoms with van der Waals surface area (Å²) in [6.07, 6.45) is -0.701. The number of alkyl halides is 2. The van der Waals surface area contributed by atoms with Gasteiger partial charge in [0.25, 0.3) is 0 Å². The molecule has 1 atom stereocenters. The zero-order valence-corrected chi connectivity index (χ0v) is 14.6. The summed E-state index contributed by atoms with van der Waals surface area (Å²) >= 11 is 11.5. The largest absolute Gasteiger partial charge is 0.450 e. The quantitative estimate of drug-likeness (QED) is 0.765. The molecule has 0 heterocycles. The van der Waals surface area contributed by atoms with Crippen molar-refractivity contribution >= 4 is 35.1 Å². The Morgan fingerprint density at radius 2 is 1.67 bits per heavy atom. The number of carbonyl (C=O) groups excluding carboxylic acids is 2. The average molecular weight is 366 g/mol. The summed E-state index contributed by atoms with van der Waals surface area (Å²) < 4.78 is 4.88. The van der Waals surface area contributed by atoms with Gasteiger partial charge in [0, 0.05) is 0 Å². The second kappa shape index (κ2) is 8.71. The van der Waals surface area contributed by atoms with Crippen molar-refractivity contribution in [3.63, 3.8) is 0 Å². The summed E-state index contributed by atoms with van der Waals surface area (Å²) in [5.41, 5.74) is 2.33. The Morgan fingerprint density at radius 1 is 1.04 bits per heavy atom. The molecule has 0 aliphatic rings. The van der Waals surface area contributed by atoms with E-state index in [0.717, 1.165) is 11.1 Å².